The summed E-state index contributed by atoms with van der Waals surface area (Å²) in [7, 11) is 0. The highest BCUT2D eigenvalue weighted by Crippen LogP contribution is 2.34. The first-order valence-corrected chi connectivity index (χ1v) is 12.9. The molecule has 0 radical (unpaired) electrons. The Bertz CT molecular complexity index is 1320. The molecule has 4 nitrogen and oxygen atoms in total. The van der Waals surface area contributed by atoms with Gasteiger partial charge in [-0.3, -0.25) is 14.3 Å². The van der Waals surface area contributed by atoms with Crippen LogP contribution in [0, 0.1) is 5.92 Å². The van der Waals surface area contributed by atoms with Gasteiger partial charge in [0.25, 0.3) is 5.91 Å². The lowest BCUT2D eigenvalue weighted by Gasteiger charge is -2.32. The van der Waals surface area contributed by atoms with Crippen LogP contribution in [0.2, 0.25) is 0 Å². The average Bonchev–Trinajstić information content (AvgIpc) is 3.40. The Morgan fingerprint density at radius 1 is 1.00 bits per heavy atom. The fourth-order valence-corrected chi connectivity index (χ4v) is 5.62. The summed E-state index contributed by atoms with van der Waals surface area (Å²) in [5.74, 6) is 1.59. The summed E-state index contributed by atoms with van der Waals surface area (Å²) in [4.78, 5) is 15.8. The summed E-state index contributed by atoms with van der Waals surface area (Å²) in [6.07, 6.45) is 13.9. The second kappa shape index (κ2) is 9.71. The zero-order chi connectivity index (χ0) is 23.6. The summed E-state index contributed by atoms with van der Waals surface area (Å²) < 4.78 is 7.92. The van der Waals surface area contributed by atoms with Crippen molar-refractivity contribution in [2.24, 2.45) is 5.92 Å². The fraction of sp³-hybridized carbons (Fsp3) is 0.323. The van der Waals surface area contributed by atoms with Gasteiger partial charge in [0.15, 0.2) is 0 Å². The minimum atomic E-state index is 0.148. The van der Waals surface area contributed by atoms with Gasteiger partial charge >= 0.3 is 0 Å². The van der Waals surface area contributed by atoms with Crippen LogP contribution in [0.4, 0.5) is 0 Å². The molecule has 0 saturated carbocycles. The number of allylic oxidation sites excluding steroid dienone is 4. The van der Waals surface area contributed by atoms with Crippen molar-refractivity contribution in [3.63, 3.8) is 0 Å². The number of carbonyl (C=O) groups is 1. The van der Waals surface area contributed by atoms with Crippen LogP contribution >= 0.6 is 0 Å². The Morgan fingerprint density at radius 2 is 1.86 bits per heavy atom. The molecule has 1 saturated heterocycles. The number of benzene rings is 2. The largest absolute Gasteiger partial charge is 0.489 e. The second-order valence-corrected chi connectivity index (χ2v) is 10.1. The van der Waals surface area contributed by atoms with E-state index in [9.17, 15) is 4.79 Å². The van der Waals surface area contributed by atoms with E-state index >= 15 is 0 Å². The summed E-state index contributed by atoms with van der Waals surface area (Å²) in [6, 6.07) is 18.9. The van der Waals surface area contributed by atoms with Crippen molar-refractivity contribution >= 4 is 22.9 Å². The molecule has 4 heteroatoms. The molecular weight excluding hydrogens is 432 g/mol. The zero-order valence-corrected chi connectivity index (χ0v) is 20.2. The number of piperidine rings is 1. The van der Waals surface area contributed by atoms with E-state index in [4.69, 9.17) is 4.74 Å². The number of rotatable bonds is 7. The smallest absolute Gasteiger partial charge is 0.258 e. The first kappa shape index (κ1) is 22.1. The van der Waals surface area contributed by atoms with E-state index in [0.717, 1.165) is 79.7 Å². The minimum Gasteiger partial charge on any atom is -0.489 e. The van der Waals surface area contributed by atoms with Crippen LogP contribution in [0.15, 0.2) is 84.0 Å². The fourth-order valence-electron chi connectivity index (χ4n) is 5.62. The molecule has 1 fully saturated rings. The van der Waals surface area contributed by atoms with Gasteiger partial charge in [-0.2, -0.15) is 0 Å². The Hall–Kier alpha value is -3.37. The monoisotopic (exact) mass is 464 g/mol. The topological polar surface area (TPSA) is 34.5 Å². The highest BCUT2D eigenvalue weighted by molar-refractivity contribution is 6.10. The van der Waals surface area contributed by atoms with Crippen molar-refractivity contribution in [3.05, 3.63) is 95.2 Å². The molecular formula is C31H32N2O2. The average molecular weight is 465 g/mol. The second-order valence-electron chi connectivity index (χ2n) is 10.1. The molecule has 0 spiro atoms. The number of hydrogen-bond acceptors (Lipinski definition) is 3. The van der Waals surface area contributed by atoms with Gasteiger partial charge in [0.2, 0.25) is 0 Å². The van der Waals surface area contributed by atoms with E-state index in [2.05, 4.69) is 71.7 Å². The third-order valence-electron chi connectivity index (χ3n) is 7.59. The number of likely N-dealkylation sites (tertiary alicyclic amines) is 1. The van der Waals surface area contributed by atoms with E-state index in [1.807, 2.05) is 16.7 Å². The lowest BCUT2D eigenvalue weighted by molar-refractivity contribution is 0.0954. The van der Waals surface area contributed by atoms with Crippen LogP contribution in [0.1, 0.15) is 48.2 Å². The molecule has 3 aliphatic rings. The molecule has 0 N–H and O–H groups in total. The van der Waals surface area contributed by atoms with Gasteiger partial charge in [0.05, 0.1) is 11.2 Å². The molecule has 0 bridgehead atoms. The first-order chi connectivity index (χ1) is 17.2. The molecule has 0 amide bonds. The van der Waals surface area contributed by atoms with Crippen molar-refractivity contribution in [2.45, 2.75) is 38.6 Å². The quantitative estimate of drug-likeness (QED) is 0.393. The lowest BCUT2D eigenvalue weighted by atomic mass is 9.89. The number of nitrogens with zero attached hydrogens (tertiary/aromatic N) is 2. The minimum absolute atomic E-state index is 0.148. The molecule has 1 aliphatic carbocycles. The standard InChI is InChI=1S/C31H32N2O2/c34-31-27(17-23-13-15-32(16-14-23)21-24-7-3-1-4-8-24)19-28-18-26-20-29(11-12-30(26)33(28)31)35-22-25-9-5-2-6-10-25/h1-5,7-9,11-12,18-20,23H,6,10,13-17,21-22H2. The number of hydrogen-bond donors (Lipinski definition) is 0. The number of carbonyl (C=O) groups excluding carboxylic acids is 1. The maximum Gasteiger partial charge on any atom is 0.258 e. The van der Waals surface area contributed by atoms with Gasteiger partial charge in [-0.1, -0.05) is 48.6 Å². The molecule has 2 aromatic carbocycles. The highest BCUT2D eigenvalue weighted by Gasteiger charge is 2.28. The maximum atomic E-state index is 13.3. The Morgan fingerprint density at radius 3 is 2.66 bits per heavy atom. The zero-order valence-electron chi connectivity index (χ0n) is 20.2. The Balaban J connectivity index is 1.08. The molecule has 3 heterocycles. The predicted molar refractivity (Wildman–Crippen MR) is 142 cm³/mol. The molecule has 0 unspecified atom stereocenters. The van der Waals surface area contributed by atoms with Gasteiger partial charge < -0.3 is 4.74 Å². The number of fused-ring (bicyclic) bond motifs is 3. The normalized spacial score (nSPS) is 18.6. The van der Waals surface area contributed by atoms with Crippen LogP contribution in [0.5, 0.6) is 5.75 Å². The summed E-state index contributed by atoms with van der Waals surface area (Å²) in [5.41, 5.74) is 5.63. The number of aromatic nitrogens is 1. The van der Waals surface area contributed by atoms with E-state index in [1.54, 1.807) is 0 Å². The van der Waals surface area contributed by atoms with Crippen molar-refractivity contribution in [3.8, 4) is 5.75 Å². The van der Waals surface area contributed by atoms with Crippen LogP contribution < -0.4 is 4.74 Å². The van der Waals surface area contributed by atoms with Gasteiger partial charge in [-0.05, 0) is 92.6 Å². The van der Waals surface area contributed by atoms with E-state index < -0.39 is 0 Å². The van der Waals surface area contributed by atoms with Crippen molar-refractivity contribution in [2.75, 3.05) is 19.7 Å². The highest BCUT2D eigenvalue weighted by atomic mass is 16.5. The van der Waals surface area contributed by atoms with Crippen LogP contribution in [-0.4, -0.2) is 35.1 Å². The van der Waals surface area contributed by atoms with Crippen LogP contribution in [0.3, 0.4) is 0 Å². The molecule has 2 aliphatic heterocycles. The first-order valence-electron chi connectivity index (χ1n) is 12.9. The lowest BCUT2D eigenvalue weighted by Crippen LogP contribution is -2.33. The Labute approximate surface area is 207 Å². The van der Waals surface area contributed by atoms with Crippen LogP contribution in [0.25, 0.3) is 17.0 Å². The van der Waals surface area contributed by atoms with Gasteiger partial charge in [-0.25, -0.2) is 0 Å². The maximum absolute atomic E-state index is 13.3. The van der Waals surface area contributed by atoms with E-state index in [0.29, 0.717) is 12.5 Å². The SMILES string of the molecule is O=C1C(CC2CCN(Cc3ccccc3)CC2)=Cc2cc3cc(OCC4=CC=CCC4)ccc3n21. The molecule has 6 rings (SSSR count). The molecule has 35 heavy (non-hydrogen) atoms. The Kier molecular flexibility index (Phi) is 6.13. The van der Waals surface area contributed by atoms with Crippen molar-refractivity contribution < 1.29 is 9.53 Å². The molecule has 1 aromatic heterocycles. The summed E-state index contributed by atoms with van der Waals surface area (Å²) in [6.45, 7) is 3.85. The third kappa shape index (κ3) is 4.76. The third-order valence-corrected chi connectivity index (χ3v) is 7.59. The molecule has 3 aromatic rings. The molecule has 178 valence electrons. The van der Waals surface area contributed by atoms with Crippen LogP contribution in [-0.2, 0) is 6.54 Å². The predicted octanol–water partition coefficient (Wildman–Crippen LogP) is 6.64. The van der Waals surface area contributed by atoms with Crippen molar-refractivity contribution in [1.29, 1.82) is 0 Å². The van der Waals surface area contributed by atoms with Gasteiger partial charge in [0.1, 0.15) is 12.4 Å². The summed E-state index contributed by atoms with van der Waals surface area (Å²) in [5, 5.41) is 1.06. The number of ether oxygens (including phenoxy) is 1. The summed E-state index contributed by atoms with van der Waals surface area (Å²) >= 11 is 0. The van der Waals surface area contributed by atoms with Crippen molar-refractivity contribution in [1.82, 2.24) is 9.47 Å². The molecule has 0 atom stereocenters. The van der Waals surface area contributed by atoms with Gasteiger partial charge in [-0.15, -0.1) is 0 Å². The van der Waals surface area contributed by atoms with E-state index in [-0.39, 0.29) is 5.91 Å². The van der Waals surface area contributed by atoms with Gasteiger partial charge in [0, 0.05) is 17.5 Å². The van der Waals surface area contributed by atoms with E-state index in [1.165, 1.54) is 11.1 Å².